The normalized spacial score (nSPS) is 18.8. The molecule has 0 saturated heterocycles. The summed E-state index contributed by atoms with van der Waals surface area (Å²) in [5.74, 6) is 0.473. The second-order valence-electron chi connectivity index (χ2n) is 5.52. The highest BCUT2D eigenvalue weighted by Gasteiger charge is 2.25. The lowest BCUT2D eigenvalue weighted by Crippen LogP contribution is -2.38. The van der Waals surface area contributed by atoms with Gasteiger partial charge in [0.25, 0.3) is 0 Å². The quantitative estimate of drug-likeness (QED) is 0.798. The highest BCUT2D eigenvalue weighted by atomic mass is 16.3. The molecule has 1 aromatic rings. The van der Waals surface area contributed by atoms with E-state index < -0.39 is 5.60 Å². The van der Waals surface area contributed by atoms with E-state index in [1.807, 2.05) is 37.3 Å². The number of hydrogen-bond donors (Lipinski definition) is 2. The molecule has 1 aliphatic carbocycles. The molecule has 0 aromatic heterocycles. The molecule has 1 unspecified atom stereocenters. The number of hydrogen-bond acceptors (Lipinski definition) is 2. The standard InChI is InChI=1S/C16H21NO2/c1-12(13-8-9-13)10-15(18)17-11-16(2,19)14-6-4-3-5-7-14/h3-7,10,13,19H,8-9,11H2,1-2H3,(H,17,18)/b12-10-. The van der Waals surface area contributed by atoms with Crippen LogP contribution >= 0.6 is 0 Å². The number of benzene rings is 1. The minimum atomic E-state index is -1.04. The number of carbonyl (C=O) groups excluding carboxylic acids is 1. The van der Waals surface area contributed by atoms with Crippen molar-refractivity contribution in [3.05, 3.63) is 47.5 Å². The monoisotopic (exact) mass is 259 g/mol. The molecule has 19 heavy (non-hydrogen) atoms. The van der Waals surface area contributed by atoms with Crippen LogP contribution in [-0.4, -0.2) is 17.6 Å². The predicted molar refractivity (Wildman–Crippen MR) is 75.5 cm³/mol. The largest absolute Gasteiger partial charge is 0.384 e. The number of amides is 1. The van der Waals surface area contributed by atoms with Crippen molar-refractivity contribution in [1.82, 2.24) is 5.32 Å². The molecule has 0 aliphatic heterocycles. The van der Waals surface area contributed by atoms with E-state index in [1.54, 1.807) is 13.0 Å². The van der Waals surface area contributed by atoms with E-state index in [-0.39, 0.29) is 12.5 Å². The minimum Gasteiger partial charge on any atom is -0.384 e. The van der Waals surface area contributed by atoms with E-state index in [2.05, 4.69) is 5.32 Å². The van der Waals surface area contributed by atoms with Crippen LogP contribution in [0.2, 0.25) is 0 Å². The average molecular weight is 259 g/mol. The zero-order valence-corrected chi connectivity index (χ0v) is 11.5. The third kappa shape index (κ3) is 3.93. The molecule has 1 saturated carbocycles. The summed E-state index contributed by atoms with van der Waals surface area (Å²) in [6.45, 7) is 3.91. The van der Waals surface area contributed by atoms with E-state index in [1.165, 1.54) is 12.8 Å². The average Bonchev–Trinajstić information content (AvgIpc) is 3.22. The molecular formula is C16H21NO2. The van der Waals surface area contributed by atoms with E-state index >= 15 is 0 Å². The number of rotatable bonds is 5. The van der Waals surface area contributed by atoms with Crippen molar-refractivity contribution in [2.75, 3.05) is 6.54 Å². The van der Waals surface area contributed by atoms with Crippen LogP contribution < -0.4 is 5.32 Å². The Labute approximate surface area is 114 Å². The minimum absolute atomic E-state index is 0.124. The molecule has 0 heterocycles. The molecule has 3 nitrogen and oxygen atoms in total. The van der Waals surface area contributed by atoms with Crippen LogP contribution in [0, 0.1) is 5.92 Å². The lowest BCUT2D eigenvalue weighted by Gasteiger charge is -2.23. The van der Waals surface area contributed by atoms with Crippen molar-refractivity contribution < 1.29 is 9.90 Å². The molecular weight excluding hydrogens is 238 g/mol. The van der Waals surface area contributed by atoms with Crippen LogP contribution in [0.1, 0.15) is 32.3 Å². The fourth-order valence-corrected chi connectivity index (χ4v) is 2.07. The van der Waals surface area contributed by atoms with Gasteiger partial charge in [0.15, 0.2) is 0 Å². The molecule has 1 atom stereocenters. The molecule has 102 valence electrons. The number of allylic oxidation sites excluding steroid dienone is 1. The Bertz CT molecular complexity index is 473. The number of nitrogens with one attached hydrogen (secondary N) is 1. The van der Waals surface area contributed by atoms with Gasteiger partial charge >= 0.3 is 0 Å². The van der Waals surface area contributed by atoms with Crippen LogP contribution in [-0.2, 0) is 10.4 Å². The summed E-state index contributed by atoms with van der Waals surface area (Å²) >= 11 is 0. The zero-order valence-electron chi connectivity index (χ0n) is 11.5. The molecule has 1 amide bonds. The summed E-state index contributed by atoms with van der Waals surface area (Å²) in [5, 5.41) is 13.1. The molecule has 1 fully saturated rings. The third-order valence-electron chi connectivity index (χ3n) is 3.58. The fourth-order valence-electron chi connectivity index (χ4n) is 2.07. The number of aliphatic hydroxyl groups is 1. The van der Waals surface area contributed by atoms with Gasteiger partial charge in [0.05, 0.1) is 6.54 Å². The van der Waals surface area contributed by atoms with E-state index in [0.717, 1.165) is 11.1 Å². The van der Waals surface area contributed by atoms with Gasteiger partial charge in [-0.3, -0.25) is 4.79 Å². The first-order chi connectivity index (χ1) is 8.99. The molecule has 3 heteroatoms. The van der Waals surface area contributed by atoms with E-state index in [0.29, 0.717) is 5.92 Å². The third-order valence-corrected chi connectivity index (χ3v) is 3.58. The Morgan fingerprint density at radius 2 is 2.05 bits per heavy atom. The Hall–Kier alpha value is -1.61. The van der Waals surface area contributed by atoms with Gasteiger partial charge in [-0.05, 0) is 38.2 Å². The molecule has 2 rings (SSSR count). The molecule has 2 N–H and O–H groups in total. The van der Waals surface area contributed by atoms with Gasteiger partial charge < -0.3 is 10.4 Å². The van der Waals surface area contributed by atoms with Crippen molar-refractivity contribution in [2.24, 2.45) is 5.92 Å². The number of carbonyl (C=O) groups is 1. The van der Waals surface area contributed by atoms with Crippen LogP contribution in [0.3, 0.4) is 0 Å². The highest BCUT2D eigenvalue weighted by molar-refractivity contribution is 5.88. The van der Waals surface area contributed by atoms with Crippen molar-refractivity contribution >= 4 is 5.91 Å². The van der Waals surface area contributed by atoms with Gasteiger partial charge in [0.2, 0.25) is 5.91 Å². The first-order valence-corrected chi connectivity index (χ1v) is 6.73. The molecule has 0 bridgehead atoms. The van der Waals surface area contributed by atoms with Crippen molar-refractivity contribution in [3.63, 3.8) is 0 Å². The van der Waals surface area contributed by atoms with Gasteiger partial charge in [-0.1, -0.05) is 35.9 Å². The SMILES string of the molecule is C/C(=C/C(=O)NCC(C)(O)c1ccccc1)C1CC1. The second kappa shape index (κ2) is 5.57. The fraction of sp³-hybridized carbons (Fsp3) is 0.438. The predicted octanol–water partition coefficient (Wildman–Crippen LogP) is 2.37. The smallest absolute Gasteiger partial charge is 0.244 e. The van der Waals surface area contributed by atoms with Crippen molar-refractivity contribution in [1.29, 1.82) is 0 Å². The molecule has 0 radical (unpaired) electrons. The summed E-state index contributed by atoms with van der Waals surface area (Å²) in [6.07, 6.45) is 4.04. The van der Waals surface area contributed by atoms with Crippen LogP contribution in [0.4, 0.5) is 0 Å². The Balaban J connectivity index is 1.90. The maximum Gasteiger partial charge on any atom is 0.244 e. The van der Waals surface area contributed by atoms with Gasteiger partial charge in [-0.15, -0.1) is 0 Å². The Morgan fingerprint density at radius 3 is 2.63 bits per heavy atom. The summed E-state index contributed by atoms with van der Waals surface area (Å²) < 4.78 is 0. The van der Waals surface area contributed by atoms with Crippen LogP contribution in [0.15, 0.2) is 42.0 Å². The van der Waals surface area contributed by atoms with E-state index in [4.69, 9.17) is 0 Å². The van der Waals surface area contributed by atoms with Gasteiger partial charge in [0.1, 0.15) is 5.60 Å². The lowest BCUT2D eigenvalue weighted by molar-refractivity contribution is -0.117. The Morgan fingerprint density at radius 1 is 1.42 bits per heavy atom. The summed E-state index contributed by atoms with van der Waals surface area (Å²) in [6, 6.07) is 9.38. The summed E-state index contributed by atoms with van der Waals surface area (Å²) in [4.78, 5) is 11.8. The maximum absolute atomic E-state index is 11.8. The first-order valence-electron chi connectivity index (χ1n) is 6.73. The topological polar surface area (TPSA) is 49.3 Å². The maximum atomic E-state index is 11.8. The Kier molecular flexibility index (Phi) is 4.05. The second-order valence-corrected chi connectivity index (χ2v) is 5.52. The molecule has 1 aromatic carbocycles. The van der Waals surface area contributed by atoms with Crippen molar-refractivity contribution in [2.45, 2.75) is 32.3 Å². The lowest BCUT2D eigenvalue weighted by atomic mass is 9.96. The molecule has 0 spiro atoms. The summed E-state index contributed by atoms with van der Waals surface area (Å²) in [7, 11) is 0. The van der Waals surface area contributed by atoms with E-state index in [9.17, 15) is 9.90 Å². The highest BCUT2D eigenvalue weighted by Crippen LogP contribution is 2.35. The van der Waals surface area contributed by atoms with Crippen LogP contribution in [0.5, 0.6) is 0 Å². The van der Waals surface area contributed by atoms with Gasteiger partial charge in [-0.2, -0.15) is 0 Å². The summed E-state index contributed by atoms with van der Waals surface area (Å²) in [5.41, 5.74) is 0.896. The van der Waals surface area contributed by atoms with Gasteiger partial charge in [0, 0.05) is 6.08 Å². The van der Waals surface area contributed by atoms with Gasteiger partial charge in [-0.25, -0.2) is 0 Å². The zero-order chi connectivity index (χ0) is 13.9. The molecule has 1 aliphatic rings. The van der Waals surface area contributed by atoms with Crippen molar-refractivity contribution in [3.8, 4) is 0 Å². The van der Waals surface area contributed by atoms with Crippen LogP contribution in [0.25, 0.3) is 0 Å². The first kappa shape index (κ1) is 13.8.